The van der Waals surface area contributed by atoms with E-state index in [0.717, 1.165) is 0 Å². The van der Waals surface area contributed by atoms with Crippen LogP contribution in [0.4, 0.5) is 4.79 Å². The van der Waals surface area contributed by atoms with Gasteiger partial charge in [0.05, 0.1) is 19.3 Å². The summed E-state index contributed by atoms with van der Waals surface area (Å²) >= 11 is 0. The summed E-state index contributed by atoms with van der Waals surface area (Å²) in [6.45, 7) is 0.913. The molecule has 0 bridgehead atoms. The van der Waals surface area contributed by atoms with Crippen LogP contribution in [-0.2, 0) is 19.1 Å². The van der Waals surface area contributed by atoms with Gasteiger partial charge in [0, 0.05) is 13.1 Å². The van der Waals surface area contributed by atoms with E-state index in [1.54, 1.807) is 0 Å². The predicted octanol–water partition coefficient (Wildman–Crippen LogP) is -1.49. The lowest BCUT2D eigenvalue weighted by Crippen LogP contribution is -2.57. The Balaban J connectivity index is 1.81. The van der Waals surface area contributed by atoms with Crippen molar-refractivity contribution in [2.75, 3.05) is 26.3 Å². The largest absolute Gasteiger partial charge is 0.479 e. The maximum Gasteiger partial charge on any atom is 0.332 e. The molecule has 0 radical (unpaired) electrons. The van der Waals surface area contributed by atoms with Gasteiger partial charge in [0.25, 0.3) is 0 Å². The van der Waals surface area contributed by atoms with Gasteiger partial charge in [-0.3, -0.25) is 4.79 Å². The molecular weight excluding hydrogens is 282 g/mol. The number of ether oxygens (including phenoxy) is 2. The van der Waals surface area contributed by atoms with E-state index in [9.17, 15) is 14.4 Å². The molecule has 21 heavy (non-hydrogen) atoms. The van der Waals surface area contributed by atoms with Crippen LogP contribution in [0.15, 0.2) is 0 Å². The Labute approximate surface area is 121 Å². The van der Waals surface area contributed by atoms with Gasteiger partial charge < -0.3 is 30.5 Å². The molecule has 2 fully saturated rings. The van der Waals surface area contributed by atoms with Gasteiger partial charge in [0.1, 0.15) is 6.04 Å². The summed E-state index contributed by atoms with van der Waals surface area (Å²) in [4.78, 5) is 35.4. The molecule has 0 spiro atoms. The monoisotopic (exact) mass is 301 g/mol. The Hall–Kier alpha value is -1.87. The van der Waals surface area contributed by atoms with Gasteiger partial charge in [-0.05, 0) is 12.8 Å². The van der Waals surface area contributed by atoms with Crippen molar-refractivity contribution < 1.29 is 29.0 Å². The van der Waals surface area contributed by atoms with Gasteiger partial charge in [-0.25, -0.2) is 9.59 Å². The molecule has 9 heteroatoms. The molecule has 9 nitrogen and oxygen atoms in total. The minimum atomic E-state index is -0.995. The zero-order chi connectivity index (χ0) is 15.4. The van der Waals surface area contributed by atoms with E-state index in [0.29, 0.717) is 19.4 Å². The lowest BCUT2D eigenvalue weighted by molar-refractivity contribution is -0.149. The number of nitrogens with zero attached hydrogens (tertiary/aromatic N) is 1. The average Bonchev–Trinajstić information content (AvgIpc) is 2.94. The van der Waals surface area contributed by atoms with Crippen LogP contribution >= 0.6 is 0 Å². The number of nitrogens with one attached hydrogen (secondary N) is 1. The Morgan fingerprint density at radius 1 is 1.33 bits per heavy atom. The molecule has 118 valence electrons. The van der Waals surface area contributed by atoms with Crippen LogP contribution < -0.4 is 11.1 Å². The van der Waals surface area contributed by atoms with Crippen LogP contribution in [0.25, 0.3) is 0 Å². The molecule has 2 rings (SSSR count). The molecule has 2 heterocycles. The number of urea groups is 1. The van der Waals surface area contributed by atoms with Crippen molar-refractivity contribution in [1.29, 1.82) is 0 Å². The third-order valence-corrected chi connectivity index (χ3v) is 3.58. The summed E-state index contributed by atoms with van der Waals surface area (Å²) in [6.07, 6.45) is -0.145. The number of carboxylic acid groups (broad SMARTS) is 1. The number of rotatable bonds is 4. The molecule has 0 aromatic heterocycles. The highest BCUT2D eigenvalue weighted by Crippen LogP contribution is 2.19. The molecule has 2 aliphatic heterocycles. The van der Waals surface area contributed by atoms with Gasteiger partial charge in [-0.2, -0.15) is 0 Å². The van der Waals surface area contributed by atoms with E-state index in [2.05, 4.69) is 5.32 Å². The van der Waals surface area contributed by atoms with E-state index >= 15 is 0 Å². The minimum absolute atomic E-state index is 0.0871. The number of carbonyl (C=O) groups excluding carboxylic acids is 2. The molecule has 0 aromatic carbocycles. The molecule has 2 saturated heterocycles. The van der Waals surface area contributed by atoms with Gasteiger partial charge in [0.2, 0.25) is 5.91 Å². The zero-order valence-electron chi connectivity index (χ0n) is 11.5. The molecule has 2 aliphatic rings. The van der Waals surface area contributed by atoms with E-state index < -0.39 is 30.1 Å². The number of carboxylic acids is 1. The smallest absolute Gasteiger partial charge is 0.332 e. The maximum absolute atomic E-state index is 12.1. The van der Waals surface area contributed by atoms with Crippen LogP contribution in [0, 0.1) is 0 Å². The van der Waals surface area contributed by atoms with Crippen LogP contribution in [0.5, 0.6) is 0 Å². The van der Waals surface area contributed by atoms with Gasteiger partial charge in [0.15, 0.2) is 6.10 Å². The molecule has 0 aliphatic carbocycles. The maximum atomic E-state index is 12.1. The fourth-order valence-corrected chi connectivity index (χ4v) is 2.42. The Morgan fingerprint density at radius 2 is 2.10 bits per heavy atom. The van der Waals surface area contributed by atoms with Crippen molar-refractivity contribution >= 4 is 17.9 Å². The van der Waals surface area contributed by atoms with E-state index in [1.807, 2.05) is 0 Å². The van der Waals surface area contributed by atoms with Crippen LogP contribution in [0.3, 0.4) is 0 Å². The molecule has 3 amide bonds. The highest BCUT2D eigenvalue weighted by molar-refractivity contribution is 5.86. The number of nitrogens with two attached hydrogens (primary N) is 1. The van der Waals surface area contributed by atoms with Gasteiger partial charge in [-0.15, -0.1) is 0 Å². The second-order valence-electron chi connectivity index (χ2n) is 5.03. The Kier molecular flexibility index (Phi) is 4.97. The number of amides is 3. The lowest BCUT2D eigenvalue weighted by Gasteiger charge is -2.33. The zero-order valence-corrected chi connectivity index (χ0v) is 11.5. The second kappa shape index (κ2) is 6.72. The fourth-order valence-electron chi connectivity index (χ4n) is 2.42. The van der Waals surface area contributed by atoms with E-state index in [1.165, 1.54) is 4.90 Å². The van der Waals surface area contributed by atoms with Gasteiger partial charge in [-0.1, -0.05) is 0 Å². The Morgan fingerprint density at radius 3 is 2.71 bits per heavy atom. The van der Waals surface area contributed by atoms with Crippen molar-refractivity contribution in [1.82, 2.24) is 10.2 Å². The van der Waals surface area contributed by atoms with E-state index in [-0.39, 0.29) is 25.8 Å². The molecule has 3 atom stereocenters. The summed E-state index contributed by atoms with van der Waals surface area (Å²) < 4.78 is 10.4. The van der Waals surface area contributed by atoms with Crippen molar-refractivity contribution in [2.24, 2.45) is 5.73 Å². The third-order valence-electron chi connectivity index (χ3n) is 3.58. The summed E-state index contributed by atoms with van der Waals surface area (Å²) in [5.74, 6) is -1.61. The number of hydrogen-bond donors (Lipinski definition) is 3. The van der Waals surface area contributed by atoms with Crippen LogP contribution in [-0.4, -0.2) is 72.5 Å². The molecule has 4 N–H and O–H groups in total. The quantitative estimate of drug-likeness (QED) is 0.580. The van der Waals surface area contributed by atoms with Crippen molar-refractivity contribution in [3.8, 4) is 0 Å². The van der Waals surface area contributed by atoms with E-state index in [4.69, 9.17) is 20.3 Å². The van der Waals surface area contributed by atoms with Gasteiger partial charge >= 0.3 is 12.0 Å². The lowest BCUT2D eigenvalue weighted by atomic mass is 10.2. The van der Waals surface area contributed by atoms with Crippen LogP contribution in [0.2, 0.25) is 0 Å². The molecule has 0 saturated carbocycles. The fraction of sp³-hybridized carbons (Fsp3) is 0.750. The average molecular weight is 301 g/mol. The molecular formula is C12H19N3O6. The van der Waals surface area contributed by atoms with Crippen molar-refractivity contribution in [2.45, 2.75) is 31.1 Å². The van der Waals surface area contributed by atoms with Crippen molar-refractivity contribution in [3.05, 3.63) is 0 Å². The summed E-state index contributed by atoms with van der Waals surface area (Å²) in [5.41, 5.74) is 5.23. The minimum Gasteiger partial charge on any atom is -0.479 e. The summed E-state index contributed by atoms with van der Waals surface area (Å²) in [6, 6.07) is -1.21. The first-order valence-corrected chi connectivity index (χ1v) is 6.79. The number of morpholine rings is 1. The number of primary amides is 1. The highest BCUT2D eigenvalue weighted by Gasteiger charge is 2.33. The summed E-state index contributed by atoms with van der Waals surface area (Å²) in [5, 5.41) is 11.5. The third kappa shape index (κ3) is 3.82. The molecule has 0 aromatic rings. The van der Waals surface area contributed by atoms with Crippen molar-refractivity contribution in [3.63, 3.8) is 0 Å². The summed E-state index contributed by atoms with van der Waals surface area (Å²) in [7, 11) is 0. The predicted molar refractivity (Wildman–Crippen MR) is 69.4 cm³/mol. The molecule has 3 unspecified atom stereocenters. The normalized spacial score (nSPS) is 29.1. The second-order valence-corrected chi connectivity index (χ2v) is 5.03. The van der Waals surface area contributed by atoms with Crippen LogP contribution in [0.1, 0.15) is 12.8 Å². The SMILES string of the molecule is NC(=O)C1COCCN1C(=O)NCC1CCC(C(=O)O)O1. The highest BCUT2D eigenvalue weighted by atomic mass is 16.5. The number of aliphatic carboxylic acids is 1. The first-order chi connectivity index (χ1) is 9.99. The standard InChI is InChI=1S/C12H19N3O6/c13-10(16)8-6-20-4-3-15(8)12(19)14-5-7-1-2-9(21-7)11(17)18/h7-9H,1-6H2,(H2,13,16)(H,14,19)(H,17,18). The first kappa shape index (κ1) is 15.5. The Bertz CT molecular complexity index is 429. The first-order valence-electron chi connectivity index (χ1n) is 6.79. The topological polar surface area (TPSA) is 131 Å². The number of carbonyl (C=O) groups is 3. The number of hydrogen-bond acceptors (Lipinski definition) is 5.